The van der Waals surface area contributed by atoms with E-state index in [1.165, 1.54) is 0 Å². The summed E-state index contributed by atoms with van der Waals surface area (Å²) < 4.78 is 12.7. The van der Waals surface area contributed by atoms with Crippen molar-refractivity contribution in [2.45, 2.75) is 0 Å². The molecule has 23 heavy (non-hydrogen) atoms. The fourth-order valence-electron chi connectivity index (χ4n) is 2.57. The molecule has 0 amide bonds. The fraction of sp³-hybridized carbons (Fsp3) is 0.167. The van der Waals surface area contributed by atoms with E-state index in [1.54, 1.807) is 20.5 Å². The molecular formula is C18H19N3O2. The van der Waals surface area contributed by atoms with Crippen LogP contribution in [-0.2, 0) is 7.05 Å². The Balaban J connectivity index is 2.17. The van der Waals surface area contributed by atoms with E-state index in [-0.39, 0.29) is 0 Å². The molecule has 0 atom stereocenters. The number of hydrogen-bond acceptors (Lipinski definition) is 4. The second-order valence-corrected chi connectivity index (χ2v) is 5.28. The predicted molar refractivity (Wildman–Crippen MR) is 91.6 cm³/mol. The quantitative estimate of drug-likeness (QED) is 0.751. The van der Waals surface area contributed by atoms with E-state index in [4.69, 9.17) is 15.2 Å². The Hall–Kier alpha value is -2.95. The molecule has 0 spiro atoms. The zero-order valence-electron chi connectivity index (χ0n) is 13.4. The van der Waals surface area contributed by atoms with Gasteiger partial charge in [0.05, 0.1) is 31.9 Å². The van der Waals surface area contributed by atoms with Gasteiger partial charge in [0.1, 0.15) is 11.5 Å². The fourth-order valence-corrected chi connectivity index (χ4v) is 2.57. The minimum atomic E-state index is 0.731. The molecule has 1 aromatic heterocycles. The molecule has 0 aliphatic carbocycles. The second-order valence-electron chi connectivity index (χ2n) is 5.28. The van der Waals surface area contributed by atoms with Gasteiger partial charge in [-0.25, -0.2) is 4.98 Å². The first-order valence-corrected chi connectivity index (χ1v) is 7.23. The number of anilines is 1. The van der Waals surface area contributed by atoms with E-state index < -0.39 is 0 Å². The molecule has 5 nitrogen and oxygen atoms in total. The van der Waals surface area contributed by atoms with E-state index in [1.807, 2.05) is 54.1 Å². The standard InChI is InChI=1S/C18H19N3O2/c1-21-11-20-17(12-4-6-14(19)7-5-12)18(21)13-8-15(22-2)10-16(9-13)23-3/h4-11H,19H2,1-3H3. The van der Waals surface area contributed by atoms with Crippen molar-refractivity contribution in [1.82, 2.24) is 9.55 Å². The molecule has 2 aromatic carbocycles. The molecule has 0 radical (unpaired) electrons. The molecule has 3 rings (SSSR count). The molecule has 0 unspecified atom stereocenters. The van der Waals surface area contributed by atoms with Gasteiger partial charge in [0.2, 0.25) is 0 Å². The molecule has 0 aliphatic rings. The highest BCUT2D eigenvalue weighted by molar-refractivity contribution is 5.80. The van der Waals surface area contributed by atoms with E-state index >= 15 is 0 Å². The van der Waals surface area contributed by atoms with Gasteiger partial charge in [-0.05, 0) is 24.3 Å². The average Bonchev–Trinajstić information content (AvgIpc) is 2.96. The smallest absolute Gasteiger partial charge is 0.123 e. The van der Waals surface area contributed by atoms with Gasteiger partial charge in [-0.3, -0.25) is 0 Å². The van der Waals surface area contributed by atoms with Crippen LogP contribution in [0.2, 0.25) is 0 Å². The first-order valence-electron chi connectivity index (χ1n) is 7.23. The summed E-state index contributed by atoms with van der Waals surface area (Å²) in [7, 11) is 5.25. The normalized spacial score (nSPS) is 10.6. The summed E-state index contributed by atoms with van der Waals surface area (Å²) in [5.74, 6) is 1.48. The van der Waals surface area contributed by atoms with Crippen molar-refractivity contribution in [3.8, 4) is 34.0 Å². The Morgan fingerprint density at radius 3 is 2.09 bits per heavy atom. The van der Waals surface area contributed by atoms with Crippen molar-refractivity contribution in [3.63, 3.8) is 0 Å². The van der Waals surface area contributed by atoms with Crippen molar-refractivity contribution in [1.29, 1.82) is 0 Å². The molecule has 3 aromatic rings. The number of nitrogen functional groups attached to an aromatic ring is 1. The summed E-state index contributed by atoms with van der Waals surface area (Å²) in [5, 5.41) is 0. The molecule has 0 saturated heterocycles. The lowest BCUT2D eigenvalue weighted by Gasteiger charge is -2.11. The Kier molecular flexibility index (Phi) is 3.93. The molecule has 0 saturated carbocycles. The average molecular weight is 309 g/mol. The van der Waals surface area contributed by atoms with Crippen LogP contribution in [0.3, 0.4) is 0 Å². The minimum absolute atomic E-state index is 0.731. The van der Waals surface area contributed by atoms with Gasteiger partial charge in [0, 0.05) is 29.9 Å². The number of aromatic nitrogens is 2. The zero-order valence-corrected chi connectivity index (χ0v) is 13.4. The van der Waals surface area contributed by atoms with Crippen LogP contribution in [-0.4, -0.2) is 23.8 Å². The summed E-state index contributed by atoms with van der Waals surface area (Å²) in [4.78, 5) is 4.54. The third-order valence-electron chi connectivity index (χ3n) is 3.75. The summed E-state index contributed by atoms with van der Waals surface area (Å²) >= 11 is 0. The van der Waals surface area contributed by atoms with Crippen molar-refractivity contribution in [3.05, 3.63) is 48.8 Å². The summed E-state index contributed by atoms with van der Waals surface area (Å²) in [6.07, 6.45) is 1.80. The molecule has 5 heteroatoms. The number of imidazole rings is 1. The van der Waals surface area contributed by atoms with Crippen LogP contribution in [0.15, 0.2) is 48.8 Å². The highest BCUT2D eigenvalue weighted by Crippen LogP contribution is 2.35. The SMILES string of the molecule is COc1cc(OC)cc(-c2c(-c3ccc(N)cc3)ncn2C)c1. The first kappa shape index (κ1) is 15.0. The maximum absolute atomic E-state index is 5.78. The maximum atomic E-state index is 5.78. The highest BCUT2D eigenvalue weighted by atomic mass is 16.5. The maximum Gasteiger partial charge on any atom is 0.123 e. The van der Waals surface area contributed by atoms with E-state index in [2.05, 4.69) is 4.98 Å². The molecule has 0 aliphatic heterocycles. The van der Waals surface area contributed by atoms with Crippen LogP contribution in [0.4, 0.5) is 5.69 Å². The molecule has 1 heterocycles. The van der Waals surface area contributed by atoms with Gasteiger partial charge >= 0.3 is 0 Å². The monoisotopic (exact) mass is 309 g/mol. The Labute approximate surface area is 135 Å². The van der Waals surface area contributed by atoms with Gasteiger partial charge in [0.15, 0.2) is 0 Å². The van der Waals surface area contributed by atoms with E-state index in [0.717, 1.165) is 39.7 Å². The Morgan fingerprint density at radius 1 is 0.913 bits per heavy atom. The first-order chi connectivity index (χ1) is 11.1. The van der Waals surface area contributed by atoms with Crippen LogP contribution >= 0.6 is 0 Å². The number of ether oxygens (including phenoxy) is 2. The molecule has 118 valence electrons. The van der Waals surface area contributed by atoms with E-state index in [0.29, 0.717) is 0 Å². The van der Waals surface area contributed by atoms with Gasteiger partial charge in [-0.1, -0.05) is 12.1 Å². The van der Waals surface area contributed by atoms with Gasteiger partial charge in [0.25, 0.3) is 0 Å². The lowest BCUT2D eigenvalue weighted by atomic mass is 10.0. The van der Waals surface area contributed by atoms with Gasteiger partial charge in [-0.15, -0.1) is 0 Å². The zero-order chi connectivity index (χ0) is 16.4. The summed E-state index contributed by atoms with van der Waals surface area (Å²) in [6.45, 7) is 0. The predicted octanol–water partition coefficient (Wildman–Crippen LogP) is 3.35. The second kappa shape index (κ2) is 6.04. The van der Waals surface area contributed by atoms with Crippen LogP contribution in [0, 0.1) is 0 Å². The molecule has 2 N–H and O–H groups in total. The molecular weight excluding hydrogens is 290 g/mol. The summed E-state index contributed by atoms with van der Waals surface area (Å²) in [6, 6.07) is 13.5. The third-order valence-corrected chi connectivity index (χ3v) is 3.75. The third kappa shape index (κ3) is 2.85. The highest BCUT2D eigenvalue weighted by Gasteiger charge is 2.15. The van der Waals surface area contributed by atoms with Gasteiger partial charge in [-0.2, -0.15) is 0 Å². The largest absolute Gasteiger partial charge is 0.497 e. The number of rotatable bonds is 4. The number of nitrogens with two attached hydrogens (primary N) is 1. The van der Waals surface area contributed by atoms with Crippen LogP contribution < -0.4 is 15.2 Å². The number of nitrogens with zero attached hydrogens (tertiary/aromatic N) is 2. The van der Waals surface area contributed by atoms with Crippen LogP contribution in [0.1, 0.15) is 0 Å². The minimum Gasteiger partial charge on any atom is -0.497 e. The number of benzene rings is 2. The van der Waals surface area contributed by atoms with Crippen LogP contribution in [0.5, 0.6) is 11.5 Å². The van der Waals surface area contributed by atoms with Crippen molar-refractivity contribution in [2.24, 2.45) is 7.05 Å². The Bertz CT molecular complexity index is 801. The lowest BCUT2D eigenvalue weighted by Crippen LogP contribution is -1.94. The molecule has 0 bridgehead atoms. The number of aryl methyl sites for hydroxylation is 1. The lowest BCUT2D eigenvalue weighted by molar-refractivity contribution is 0.394. The van der Waals surface area contributed by atoms with Crippen molar-refractivity contribution >= 4 is 5.69 Å². The molecule has 0 fully saturated rings. The number of methoxy groups -OCH3 is 2. The summed E-state index contributed by atoms with van der Waals surface area (Å²) in [5.41, 5.74) is 10.4. The van der Waals surface area contributed by atoms with E-state index in [9.17, 15) is 0 Å². The van der Waals surface area contributed by atoms with Gasteiger partial charge < -0.3 is 19.8 Å². The van der Waals surface area contributed by atoms with Crippen molar-refractivity contribution in [2.75, 3.05) is 20.0 Å². The topological polar surface area (TPSA) is 62.3 Å². The number of hydrogen-bond donors (Lipinski definition) is 1. The van der Waals surface area contributed by atoms with Crippen LogP contribution in [0.25, 0.3) is 22.5 Å². The van der Waals surface area contributed by atoms with Crippen molar-refractivity contribution < 1.29 is 9.47 Å². The Morgan fingerprint density at radius 2 is 1.52 bits per heavy atom.